The highest BCUT2D eigenvalue weighted by Crippen LogP contribution is 1.93. The normalized spacial score (nSPS) is 12.2. The van der Waals surface area contributed by atoms with Gasteiger partial charge in [-0.1, -0.05) is 17.7 Å². The second-order valence-electron chi connectivity index (χ2n) is 0.791. The molecule has 0 saturated heterocycles. The largest absolute Gasteiger partial charge is 0.0898 e. The highest BCUT2D eigenvalue weighted by Gasteiger charge is 1.64. The molecule has 0 saturated carbocycles. The predicted octanol–water partition coefficient (Wildman–Crippen LogP) is 1.96. The van der Waals surface area contributed by atoms with Gasteiger partial charge in [-0.3, -0.25) is 0 Å². The van der Waals surface area contributed by atoms with Crippen LogP contribution in [0.1, 0.15) is 6.92 Å². The summed E-state index contributed by atoms with van der Waals surface area (Å²) in [5.41, 5.74) is 0. The molecule has 0 heterocycles. The quantitative estimate of drug-likeness (QED) is 0.426. The van der Waals surface area contributed by atoms with Crippen LogP contribution in [0.15, 0.2) is 11.1 Å². The molecule has 0 aromatic heterocycles. The number of hydrogen-bond acceptors (Lipinski definition) is 0. The fourth-order valence-corrected chi connectivity index (χ4v) is 0. The van der Waals surface area contributed by atoms with Crippen LogP contribution in [0.4, 0.5) is 0 Å². The number of allylic oxidation sites excluding steroid dienone is 2. The van der Waals surface area contributed by atoms with Crippen LogP contribution < -0.4 is 0 Å². The summed E-state index contributed by atoms with van der Waals surface area (Å²) in [7, 11) is 0. The Kier molecular flexibility index (Phi) is 2.29. The summed E-state index contributed by atoms with van der Waals surface area (Å²) in [5, 5.41) is 0.741. The first-order valence-corrected chi connectivity index (χ1v) is 1.76. The Morgan fingerprint density at radius 3 is 2.20 bits per heavy atom. The zero-order valence-electron chi connectivity index (χ0n) is 3.16. The van der Waals surface area contributed by atoms with Crippen molar-refractivity contribution in [2.75, 3.05) is 0 Å². The molecule has 0 bridgehead atoms. The maximum atomic E-state index is 5.26. The first-order chi connectivity index (χ1) is 2.27. The van der Waals surface area contributed by atoms with E-state index >= 15 is 0 Å². The van der Waals surface area contributed by atoms with Crippen molar-refractivity contribution in [3.05, 3.63) is 18.0 Å². The molecule has 0 aromatic rings. The molecule has 0 atom stereocenters. The van der Waals surface area contributed by atoms with Gasteiger partial charge in [-0.25, -0.2) is 0 Å². The Morgan fingerprint density at radius 1 is 2.00 bits per heavy atom. The van der Waals surface area contributed by atoms with Crippen molar-refractivity contribution in [3.8, 4) is 0 Å². The van der Waals surface area contributed by atoms with Crippen LogP contribution in [-0.2, 0) is 0 Å². The van der Waals surface area contributed by atoms with Gasteiger partial charge in [0.15, 0.2) is 0 Å². The minimum absolute atomic E-state index is 0.741. The lowest BCUT2D eigenvalue weighted by Crippen LogP contribution is -1.46. The molecule has 0 N–H and O–H groups in total. The van der Waals surface area contributed by atoms with Gasteiger partial charge in [0.2, 0.25) is 0 Å². The molecule has 0 aromatic carbocycles. The summed E-state index contributed by atoms with van der Waals surface area (Å²) in [6.45, 7) is 5.18. The Labute approximate surface area is 37.4 Å². The lowest BCUT2D eigenvalue weighted by Gasteiger charge is -1.70. The van der Waals surface area contributed by atoms with Crippen LogP contribution in [0, 0.1) is 6.92 Å². The van der Waals surface area contributed by atoms with Crippen LogP contribution >= 0.6 is 11.6 Å². The predicted molar refractivity (Wildman–Crippen MR) is 25.0 cm³/mol. The van der Waals surface area contributed by atoms with Crippen LogP contribution in [-0.4, -0.2) is 0 Å². The summed E-state index contributed by atoms with van der Waals surface area (Å²) >= 11 is 5.26. The third-order valence-electron chi connectivity index (χ3n) is 0.281. The van der Waals surface area contributed by atoms with E-state index in [0.29, 0.717) is 0 Å². The van der Waals surface area contributed by atoms with Gasteiger partial charge in [0.05, 0.1) is 0 Å². The van der Waals surface area contributed by atoms with E-state index in [9.17, 15) is 0 Å². The third-order valence-corrected chi connectivity index (χ3v) is 0.436. The van der Waals surface area contributed by atoms with Crippen molar-refractivity contribution in [2.24, 2.45) is 0 Å². The minimum atomic E-state index is 0.741. The van der Waals surface area contributed by atoms with Crippen LogP contribution in [0.5, 0.6) is 0 Å². The zero-order chi connectivity index (χ0) is 4.28. The molecule has 0 nitrogen and oxygen atoms in total. The molecule has 0 aliphatic heterocycles. The topological polar surface area (TPSA) is 0 Å². The lowest BCUT2D eigenvalue weighted by molar-refractivity contribution is 1.67. The highest BCUT2D eigenvalue weighted by molar-refractivity contribution is 6.29. The van der Waals surface area contributed by atoms with Gasteiger partial charge < -0.3 is 0 Å². The molecule has 1 radical (unpaired) electrons. The second-order valence-corrected chi connectivity index (χ2v) is 1.39. The first kappa shape index (κ1) is 5.03. The molecule has 29 valence electrons. The van der Waals surface area contributed by atoms with Crippen LogP contribution in [0.3, 0.4) is 0 Å². The molecular weight excluding hydrogens is 83.5 g/mol. The summed E-state index contributed by atoms with van der Waals surface area (Å²) in [4.78, 5) is 0. The molecule has 0 spiro atoms. The fraction of sp³-hybridized carbons (Fsp3) is 0.250. The maximum absolute atomic E-state index is 5.26. The van der Waals surface area contributed by atoms with E-state index in [-0.39, 0.29) is 0 Å². The lowest BCUT2D eigenvalue weighted by atomic mass is 10.6. The van der Waals surface area contributed by atoms with Gasteiger partial charge in [-0.15, -0.1) is 0 Å². The summed E-state index contributed by atoms with van der Waals surface area (Å²) in [6, 6.07) is 0. The smallest absolute Gasteiger partial charge is 0.0110 e. The number of hydrogen-bond donors (Lipinski definition) is 0. The van der Waals surface area contributed by atoms with Gasteiger partial charge in [0, 0.05) is 5.03 Å². The van der Waals surface area contributed by atoms with Crippen molar-refractivity contribution in [3.63, 3.8) is 0 Å². The zero-order valence-corrected chi connectivity index (χ0v) is 3.92. The Bertz CT molecular complexity index is 41.6. The molecule has 5 heavy (non-hydrogen) atoms. The Hall–Kier alpha value is 0.0300. The fourth-order valence-electron chi connectivity index (χ4n) is 0. The first-order valence-electron chi connectivity index (χ1n) is 1.39. The molecule has 0 fully saturated rings. The molecule has 0 unspecified atom stereocenters. The highest BCUT2D eigenvalue weighted by atomic mass is 35.5. The van der Waals surface area contributed by atoms with Gasteiger partial charge in [-0.05, 0) is 13.8 Å². The summed E-state index contributed by atoms with van der Waals surface area (Å²) < 4.78 is 0. The average Bonchev–Trinajstić information content (AvgIpc) is 1.38. The van der Waals surface area contributed by atoms with E-state index in [0.717, 1.165) is 5.03 Å². The summed E-state index contributed by atoms with van der Waals surface area (Å²) in [5.74, 6) is 0. The third kappa shape index (κ3) is 4.03. The van der Waals surface area contributed by atoms with E-state index < -0.39 is 0 Å². The van der Waals surface area contributed by atoms with E-state index in [4.69, 9.17) is 11.6 Å². The molecule has 0 rings (SSSR count). The van der Waals surface area contributed by atoms with Crippen molar-refractivity contribution >= 4 is 11.6 Å². The Morgan fingerprint density at radius 2 is 2.20 bits per heavy atom. The SMILES string of the molecule is [CH2]/C=C(\C)Cl. The monoisotopic (exact) mass is 89.0 g/mol. The van der Waals surface area contributed by atoms with Crippen molar-refractivity contribution < 1.29 is 0 Å². The van der Waals surface area contributed by atoms with Gasteiger partial charge in [0.25, 0.3) is 0 Å². The van der Waals surface area contributed by atoms with Crippen molar-refractivity contribution in [2.45, 2.75) is 6.92 Å². The van der Waals surface area contributed by atoms with E-state index in [1.165, 1.54) is 0 Å². The molecule has 0 aliphatic carbocycles. The number of rotatable bonds is 0. The van der Waals surface area contributed by atoms with E-state index in [1.54, 1.807) is 13.0 Å². The van der Waals surface area contributed by atoms with E-state index in [2.05, 4.69) is 6.92 Å². The Balaban J connectivity index is 3.14. The van der Waals surface area contributed by atoms with Crippen molar-refractivity contribution in [1.29, 1.82) is 0 Å². The van der Waals surface area contributed by atoms with Crippen molar-refractivity contribution in [1.82, 2.24) is 0 Å². The van der Waals surface area contributed by atoms with E-state index in [1.807, 2.05) is 0 Å². The minimum Gasteiger partial charge on any atom is -0.0898 e. The average molecular weight is 89.5 g/mol. The molecule has 0 amide bonds. The van der Waals surface area contributed by atoms with Crippen LogP contribution in [0.25, 0.3) is 0 Å². The molecule has 1 heteroatoms. The van der Waals surface area contributed by atoms with Gasteiger partial charge >= 0.3 is 0 Å². The van der Waals surface area contributed by atoms with Crippen LogP contribution in [0.2, 0.25) is 0 Å². The maximum Gasteiger partial charge on any atom is 0.0110 e. The standard InChI is InChI=1S/C4H6Cl/c1-3-4(2)5/h3H,1H2,2H3/b4-3+. The second kappa shape index (κ2) is 2.28. The molecule has 0 aliphatic rings. The van der Waals surface area contributed by atoms with Gasteiger partial charge in [0.1, 0.15) is 0 Å². The number of halogens is 1. The molecular formula is C4H6Cl. The van der Waals surface area contributed by atoms with Gasteiger partial charge in [-0.2, -0.15) is 0 Å². The summed E-state index contributed by atoms with van der Waals surface area (Å²) in [6.07, 6.45) is 1.60.